The smallest absolute Gasteiger partial charge is 0.190 e. The van der Waals surface area contributed by atoms with Crippen molar-refractivity contribution in [3.63, 3.8) is 0 Å². The fourth-order valence-electron chi connectivity index (χ4n) is 26.4. The SMILES string of the molecule is CNC[C@H]1[C@@H](O)[C@@H](O)C[C@@]2(C)[C@@H]1C(=O)C=C1[C@@H]2[C@H](CN=C(N)N[C@@H](C)O)[C@H]2CC[C@@H]3[C@@H]4[C@H](O)[C@@H]5C6=C(CCC[C@H]63)[C@H]3C(=C5C(C)(C)C[C@H](n5ccnc5)CSS[C@]5(CCCC56CCNCC6)[C@H]5C[C@H]4[C@]2(CO)[C@]15O)C[C@H]1CC[C@H]2CCC[C@]23C1. The summed E-state index contributed by atoms with van der Waals surface area (Å²) in [4.78, 5) is 25.9. The number of aromatic nitrogens is 2. The number of hydrogen-bond donors (Lipinski definition) is 10. The van der Waals surface area contributed by atoms with E-state index < -0.39 is 63.5 Å². The van der Waals surface area contributed by atoms with Crippen LogP contribution in [0.25, 0.3) is 0 Å². The summed E-state index contributed by atoms with van der Waals surface area (Å²) < 4.78 is 1.91. The maximum Gasteiger partial charge on any atom is 0.190 e. The lowest BCUT2D eigenvalue weighted by Crippen LogP contribution is -2.73. The molecular formula is C68H101N7O7S2. The minimum absolute atomic E-state index is 0.114. The third kappa shape index (κ3) is 7.74. The van der Waals surface area contributed by atoms with Gasteiger partial charge in [-0.15, -0.1) is 0 Å². The van der Waals surface area contributed by atoms with Gasteiger partial charge in [-0.25, -0.2) is 4.98 Å². The lowest BCUT2D eigenvalue weighted by molar-refractivity contribution is -0.220. The van der Waals surface area contributed by atoms with E-state index in [2.05, 4.69) is 58.3 Å². The van der Waals surface area contributed by atoms with Crippen molar-refractivity contribution in [2.24, 2.45) is 121 Å². The van der Waals surface area contributed by atoms with Crippen LogP contribution in [0, 0.1) is 110 Å². The Morgan fingerprint density at radius 3 is 2.52 bits per heavy atom. The van der Waals surface area contributed by atoms with Crippen molar-refractivity contribution < 1.29 is 35.4 Å². The predicted molar refractivity (Wildman–Crippen MR) is 330 cm³/mol. The van der Waals surface area contributed by atoms with Crippen LogP contribution in [0.2, 0.25) is 0 Å². The molecule has 11 fully saturated rings. The Kier molecular flexibility index (Phi) is 14.3. The van der Waals surface area contributed by atoms with E-state index in [0.29, 0.717) is 36.8 Å². The number of nitrogens with one attached hydrogen (secondary N) is 3. The first-order valence-electron chi connectivity index (χ1n) is 33.8. The normalized spacial score (nSPS) is 50.0. The van der Waals surface area contributed by atoms with Gasteiger partial charge in [-0.3, -0.25) is 9.79 Å². The molecule has 0 unspecified atom stereocenters. The Bertz CT molecular complexity index is 2890. The van der Waals surface area contributed by atoms with E-state index in [1.807, 2.05) is 36.4 Å². The van der Waals surface area contributed by atoms with Crippen LogP contribution in [0.1, 0.15) is 162 Å². The molecule has 0 aromatic carbocycles. The van der Waals surface area contributed by atoms with E-state index in [9.17, 15) is 25.5 Å². The lowest BCUT2D eigenvalue weighted by atomic mass is 9.37. The topological polar surface area (TPSA) is 231 Å². The van der Waals surface area contributed by atoms with Gasteiger partial charge in [-0.2, -0.15) is 0 Å². The second-order valence-electron chi connectivity index (χ2n) is 31.8. The first-order chi connectivity index (χ1) is 40.3. The van der Waals surface area contributed by atoms with E-state index in [-0.39, 0.29) is 101 Å². The number of aliphatic imine (C=N–C) groups is 1. The van der Waals surface area contributed by atoms with Gasteiger partial charge in [0.2, 0.25) is 0 Å². The summed E-state index contributed by atoms with van der Waals surface area (Å²) in [7, 11) is 5.91. The molecule has 6 bridgehead atoms. The van der Waals surface area contributed by atoms with E-state index in [0.717, 1.165) is 95.4 Å². The van der Waals surface area contributed by atoms with Crippen LogP contribution in [0.5, 0.6) is 0 Å². The van der Waals surface area contributed by atoms with Crippen molar-refractivity contribution in [3.8, 4) is 0 Å². The van der Waals surface area contributed by atoms with Crippen molar-refractivity contribution in [1.82, 2.24) is 25.5 Å². The van der Waals surface area contributed by atoms with E-state index in [1.54, 1.807) is 29.2 Å². The van der Waals surface area contributed by atoms with E-state index in [4.69, 9.17) is 15.7 Å². The molecule has 0 amide bonds. The highest BCUT2D eigenvalue weighted by atomic mass is 33.1. The number of hydrogen-bond acceptors (Lipinski definition) is 13. The monoisotopic (exact) mass is 1190 g/mol. The summed E-state index contributed by atoms with van der Waals surface area (Å²) >= 11 is 0. The highest BCUT2D eigenvalue weighted by Crippen LogP contribution is 2.82. The predicted octanol–water partition coefficient (Wildman–Crippen LogP) is 8.10. The number of ketones is 1. The number of fused-ring (bicyclic) bond motifs is 12. The van der Waals surface area contributed by atoms with Gasteiger partial charge in [0.25, 0.3) is 0 Å². The zero-order valence-corrected chi connectivity index (χ0v) is 52.6. The largest absolute Gasteiger partial charge is 0.396 e. The number of rotatable bonds is 7. The Labute approximate surface area is 507 Å². The minimum atomic E-state index is -1.70. The van der Waals surface area contributed by atoms with Crippen molar-refractivity contribution in [1.29, 1.82) is 0 Å². The number of allylic oxidation sites excluding steroid dienone is 3. The second-order valence-corrected chi connectivity index (χ2v) is 34.5. The Balaban J connectivity index is 1.01. The molecular weight excluding hydrogens is 1090 g/mol. The standard InChI is InChI=1S/C68H101N7O7S2/c1-36(77)74-61(69)73-32-44-46-15-14-41-40-10-6-11-42-52(40)54-58(43-25-37-12-13-38-9-7-17-65(38,28-37)55(42)43)62(2,3)29-39(75-24-23-72-35-75)33-83-84-67(18-8-16-64(67)19-21-71-22-20-64)51-27-47(53(41)60(54)81)66(46,34-76)68(51,82)48-26-49(78)57-45(31-70-5)59(80)50(79)30-63(57,4)56(44)48/h23-24,26,35-41,44-47,50-51,53-57,59-60,70-71,76-77,79-82H,6-22,25,27-34H2,1-5H3,(H3,69,73,74)/t36-,37-,38-,39+,40+,41+,44-,45-,46-,47-,50+,51-,53+,54-,55+,56+,57+,59-,60+,63-,65+,66-,67-,68+/m1/s1. The summed E-state index contributed by atoms with van der Waals surface area (Å²) in [6.07, 6.45) is 24.8. The summed E-state index contributed by atoms with van der Waals surface area (Å²) in [5, 5.41) is 89.6. The third-order valence-electron chi connectivity index (χ3n) is 28.5. The molecule has 9 saturated carbocycles. The van der Waals surface area contributed by atoms with Gasteiger partial charge in [0.15, 0.2) is 11.7 Å². The Hall–Kier alpha value is -2.25. The molecule has 1 aromatic heterocycles. The quantitative estimate of drug-likeness (QED) is 0.0409. The summed E-state index contributed by atoms with van der Waals surface area (Å²) in [6, 6.07) is 0.115. The first kappa shape index (κ1) is 58.1. The average molecular weight is 1190 g/mol. The Morgan fingerprint density at radius 2 is 1.76 bits per heavy atom. The molecule has 24 atom stereocenters. The number of piperidine rings is 1. The number of nitrogens with zero attached hydrogens (tertiary/aromatic N) is 3. The van der Waals surface area contributed by atoms with Gasteiger partial charge in [-0.1, -0.05) is 77.5 Å². The second kappa shape index (κ2) is 20.6. The Morgan fingerprint density at radius 1 is 0.940 bits per heavy atom. The van der Waals surface area contributed by atoms with Crippen LogP contribution >= 0.6 is 21.6 Å². The van der Waals surface area contributed by atoms with Gasteiger partial charge in [0.05, 0.1) is 36.8 Å². The average Bonchev–Trinajstić information content (AvgIpc) is 1.58. The number of carbonyl (C=O) groups excluding carboxylic acids is 1. The molecule has 2 aliphatic heterocycles. The molecule has 3 heterocycles. The molecule has 16 heteroatoms. The maximum atomic E-state index is 16.1. The molecule has 14 nitrogen and oxygen atoms in total. The summed E-state index contributed by atoms with van der Waals surface area (Å²) in [6.45, 7) is 11.0. The summed E-state index contributed by atoms with van der Waals surface area (Å²) in [5.74, 6) is -0.407. The molecule has 15 rings (SSSR count). The van der Waals surface area contributed by atoms with E-state index >= 15 is 9.90 Å². The number of guanidine groups is 1. The number of imidazole rings is 1. The highest BCUT2D eigenvalue weighted by molar-refractivity contribution is 8.77. The molecule has 14 aliphatic rings. The van der Waals surface area contributed by atoms with Crippen molar-refractivity contribution in [3.05, 3.63) is 52.7 Å². The lowest BCUT2D eigenvalue weighted by Gasteiger charge is -2.68. The molecule has 1 aromatic rings. The molecule has 2 saturated heterocycles. The van der Waals surface area contributed by atoms with Crippen molar-refractivity contribution >= 4 is 33.3 Å². The zero-order valence-electron chi connectivity index (χ0n) is 51.0. The number of nitrogens with two attached hydrogens (primary N) is 1. The van der Waals surface area contributed by atoms with Gasteiger partial charge in [-0.05, 0) is 229 Å². The van der Waals surface area contributed by atoms with Gasteiger partial charge >= 0.3 is 0 Å². The molecule has 12 aliphatic carbocycles. The molecule has 11 N–H and O–H groups in total. The fraction of sp³-hybridized carbons (Fsp3) is 0.838. The van der Waals surface area contributed by atoms with Crippen molar-refractivity contribution in [2.45, 2.75) is 197 Å². The minimum Gasteiger partial charge on any atom is -0.396 e. The number of aliphatic hydroxyl groups excluding tert-OH is 5. The third-order valence-corrected chi connectivity index (χ3v) is 32.0. The molecule has 0 radical (unpaired) electrons. The van der Waals surface area contributed by atoms with Crippen LogP contribution in [0.3, 0.4) is 0 Å². The van der Waals surface area contributed by atoms with Crippen LogP contribution in [-0.2, 0) is 4.79 Å². The van der Waals surface area contributed by atoms with Gasteiger partial charge in [0, 0.05) is 77.0 Å². The van der Waals surface area contributed by atoms with Crippen LogP contribution in [-0.4, -0.2) is 132 Å². The molecule has 462 valence electrons. The highest BCUT2D eigenvalue weighted by Gasteiger charge is 2.83. The number of aliphatic hydroxyl groups is 6. The summed E-state index contributed by atoms with van der Waals surface area (Å²) in [5.41, 5.74) is 10.1. The molecule has 3 spiro atoms. The van der Waals surface area contributed by atoms with Crippen LogP contribution in [0.4, 0.5) is 0 Å². The molecule has 84 heavy (non-hydrogen) atoms. The van der Waals surface area contributed by atoms with Gasteiger partial charge < -0.3 is 56.9 Å². The fourth-order valence-corrected chi connectivity index (χ4v) is 30.6. The van der Waals surface area contributed by atoms with Gasteiger partial charge in [0.1, 0.15) is 6.23 Å². The van der Waals surface area contributed by atoms with Crippen LogP contribution in [0.15, 0.2) is 57.7 Å². The van der Waals surface area contributed by atoms with Crippen molar-refractivity contribution in [2.75, 3.05) is 45.6 Å². The first-order valence-corrected chi connectivity index (χ1v) is 36.1. The zero-order chi connectivity index (χ0) is 58.3. The van der Waals surface area contributed by atoms with Crippen LogP contribution < -0.4 is 21.7 Å². The maximum absolute atomic E-state index is 16.1. The van der Waals surface area contributed by atoms with E-state index in [1.165, 1.54) is 38.5 Å². The number of carbonyl (C=O) groups is 1.